The molecule has 1 aliphatic heterocycles. The van der Waals surface area contributed by atoms with E-state index in [4.69, 9.17) is 15.2 Å². The Balaban J connectivity index is 2.01. The van der Waals surface area contributed by atoms with E-state index >= 15 is 0 Å². The molecule has 0 radical (unpaired) electrons. The van der Waals surface area contributed by atoms with Crippen LogP contribution >= 0.6 is 0 Å². The molecule has 0 bridgehead atoms. The van der Waals surface area contributed by atoms with Crippen LogP contribution in [0.1, 0.15) is 12.0 Å². The molecule has 0 spiro atoms. The summed E-state index contributed by atoms with van der Waals surface area (Å²) in [6.45, 7) is 3.98. The molecule has 2 rings (SSSR count). The van der Waals surface area contributed by atoms with Crippen molar-refractivity contribution in [3.05, 3.63) is 17.8 Å². The first-order valence-corrected chi connectivity index (χ1v) is 5.74. The molecule has 1 aliphatic rings. The van der Waals surface area contributed by atoms with Crippen LogP contribution in [0.4, 0.5) is 11.5 Å². The van der Waals surface area contributed by atoms with Crippen LogP contribution in [-0.4, -0.2) is 37.5 Å². The van der Waals surface area contributed by atoms with Crippen molar-refractivity contribution >= 4 is 11.5 Å². The van der Waals surface area contributed by atoms with Gasteiger partial charge in [-0.15, -0.1) is 0 Å². The molecular formula is C12H19N3O2. The number of aryl methyl sites for hydroxylation is 1. The fraction of sp³-hybridized carbons (Fsp3) is 0.583. The molecule has 17 heavy (non-hydrogen) atoms. The minimum absolute atomic E-state index is 0.251. The summed E-state index contributed by atoms with van der Waals surface area (Å²) in [4.78, 5) is 4.27. The lowest BCUT2D eigenvalue weighted by molar-refractivity contribution is -0.00624. The van der Waals surface area contributed by atoms with Gasteiger partial charge in [-0.05, 0) is 18.6 Å². The van der Waals surface area contributed by atoms with Gasteiger partial charge in [0.15, 0.2) is 0 Å². The van der Waals surface area contributed by atoms with E-state index in [0.29, 0.717) is 24.7 Å². The van der Waals surface area contributed by atoms with Gasteiger partial charge in [0.25, 0.3) is 0 Å². The van der Waals surface area contributed by atoms with Crippen molar-refractivity contribution in [3.63, 3.8) is 0 Å². The van der Waals surface area contributed by atoms with E-state index in [0.717, 1.165) is 18.6 Å². The molecule has 0 aliphatic carbocycles. The smallest absolute Gasteiger partial charge is 0.149 e. The van der Waals surface area contributed by atoms with Gasteiger partial charge in [0, 0.05) is 32.9 Å². The van der Waals surface area contributed by atoms with E-state index in [-0.39, 0.29) is 5.60 Å². The summed E-state index contributed by atoms with van der Waals surface area (Å²) >= 11 is 0. The van der Waals surface area contributed by atoms with Gasteiger partial charge in [-0.3, -0.25) is 0 Å². The lowest BCUT2D eigenvalue weighted by atomic mass is 10.0. The monoisotopic (exact) mass is 237 g/mol. The number of hydrogen-bond acceptors (Lipinski definition) is 5. The Kier molecular flexibility index (Phi) is 3.49. The Morgan fingerprint density at radius 3 is 3.06 bits per heavy atom. The van der Waals surface area contributed by atoms with Crippen LogP contribution in [-0.2, 0) is 9.47 Å². The van der Waals surface area contributed by atoms with E-state index in [1.807, 2.05) is 13.0 Å². The first-order chi connectivity index (χ1) is 8.15. The first-order valence-electron chi connectivity index (χ1n) is 5.74. The second kappa shape index (κ2) is 4.89. The number of aromatic nitrogens is 1. The molecule has 1 aromatic heterocycles. The summed E-state index contributed by atoms with van der Waals surface area (Å²) in [6, 6.07) is 1.90. The van der Waals surface area contributed by atoms with Crippen LogP contribution in [0.25, 0.3) is 0 Å². The van der Waals surface area contributed by atoms with Gasteiger partial charge in [-0.2, -0.15) is 0 Å². The van der Waals surface area contributed by atoms with Gasteiger partial charge in [0.05, 0.1) is 12.3 Å². The molecule has 2 heterocycles. The van der Waals surface area contributed by atoms with Crippen LogP contribution in [0, 0.1) is 6.92 Å². The Labute approximate surface area is 101 Å². The predicted molar refractivity (Wildman–Crippen MR) is 67.1 cm³/mol. The number of methoxy groups -OCH3 is 1. The second-order valence-corrected chi connectivity index (χ2v) is 4.49. The maximum absolute atomic E-state index is 5.89. The average molecular weight is 237 g/mol. The minimum Gasteiger partial charge on any atom is -0.396 e. The van der Waals surface area contributed by atoms with Crippen molar-refractivity contribution < 1.29 is 9.47 Å². The molecule has 94 valence electrons. The largest absolute Gasteiger partial charge is 0.396 e. The topological polar surface area (TPSA) is 69.4 Å². The molecule has 0 amide bonds. The molecule has 3 N–H and O–H groups in total. The Bertz CT molecular complexity index is 389. The highest BCUT2D eigenvalue weighted by Crippen LogP contribution is 2.24. The zero-order valence-electron chi connectivity index (χ0n) is 10.3. The lowest BCUT2D eigenvalue weighted by Gasteiger charge is -2.26. The van der Waals surface area contributed by atoms with Gasteiger partial charge in [0.1, 0.15) is 11.4 Å². The number of nitrogen functional groups attached to an aromatic ring is 1. The normalized spacial score (nSPS) is 23.9. The molecule has 1 aromatic rings. The van der Waals surface area contributed by atoms with Crippen LogP contribution in [0.5, 0.6) is 0 Å². The van der Waals surface area contributed by atoms with E-state index in [1.54, 1.807) is 13.3 Å². The zero-order valence-corrected chi connectivity index (χ0v) is 10.3. The first kappa shape index (κ1) is 12.1. The lowest BCUT2D eigenvalue weighted by Crippen LogP contribution is -2.39. The number of nitrogens with zero attached hydrogens (tertiary/aromatic N) is 1. The summed E-state index contributed by atoms with van der Waals surface area (Å²) in [7, 11) is 1.71. The van der Waals surface area contributed by atoms with E-state index in [1.165, 1.54) is 0 Å². The summed E-state index contributed by atoms with van der Waals surface area (Å²) < 4.78 is 10.9. The van der Waals surface area contributed by atoms with Crippen molar-refractivity contribution in [2.75, 3.05) is 37.9 Å². The highest BCUT2D eigenvalue weighted by Gasteiger charge is 2.34. The highest BCUT2D eigenvalue weighted by molar-refractivity contribution is 5.61. The summed E-state index contributed by atoms with van der Waals surface area (Å²) in [5.41, 5.74) is 7.36. The second-order valence-electron chi connectivity index (χ2n) is 4.49. The average Bonchev–Trinajstić information content (AvgIpc) is 2.77. The number of ether oxygens (including phenoxy) is 2. The van der Waals surface area contributed by atoms with Gasteiger partial charge < -0.3 is 20.5 Å². The predicted octanol–water partition coefficient (Wildman–Crippen LogP) is 1.19. The van der Waals surface area contributed by atoms with Crippen molar-refractivity contribution in [2.45, 2.75) is 18.9 Å². The standard InChI is InChI=1S/C12H19N3O2/c1-9-5-10(13)11(14-6-9)15-7-12(16-2)3-4-17-8-12/h5-6H,3-4,7-8,13H2,1-2H3,(H,14,15). The molecule has 1 atom stereocenters. The number of anilines is 2. The zero-order chi connectivity index (χ0) is 12.3. The van der Waals surface area contributed by atoms with Gasteiger partial charge in [0.2, 0.25) is 0 Å². The van der Waals surface area contributed by atoms with Crippen LogP contribution in [0.15, 0.2) is 12.3 Å². The maximum atomic E-state index is 5.89. The summed E-state index contributed by atoms with van der Waals surface area (Å²) in [5, 5.41) is 3.23. The third-order valence-electron chi connectivity index (χ3n) is 3.13. The SMILES string of the molecule is COC1(CNc2ncc(C)cc2N)CCOC1. The Morgan fingerprint density at radius 1 is 1.65 bits per heavy atom. The Hall–Kier alpha value is -1.33. The van der Waals surface area contributed by atoms with Gasteiger partial charge in [-0.25, -0.2) is 4.98 Å². The number of pyridine rings is 1. The summed E-state index contributed by atoms with van der Waals surface area (Å²) in [6.07, 6.45) is 2.69. The quantitative estimate of drug-likeness (QED) is 0.823. The van der Waals surface area contributed by atoms with E-state index < -0.39 is 0 Å². The molecule has 0 saturated carbocycles. The van der Waals surface area contributed by atoms with Crippen molar-refractivity contribution in [3.8, 4) is 0 Å². The molecular weight excluding hydrogens is 218 g/mol. The number of nitrogens with one attached hydrogen (secondary N) is 1. The van der Waals surface area contributed by atoms with Crippen LogP contribution in [0.2, 0.25) is 0 Å². The molecule has 5 nitrogen and oxygen atoms in total. The van der Waals surface area contributed by atoms with Gasteiger partial charge >= 0.3 is 0 Å². The molecule has 0 aromatic carbocycles. The van der Waals surface area contributed by atoms with Crippen molar-refractivity contribution in [1.82, 2.24) is 4.98 Å². The van der Waals surface area contributed by atoms with Crippen LogP contribution in [0.3, 0.4) is 0 Å². The highest BCUT2D eigenvalue weighted by atomic mass is 16.5. The van der Waals surface area contributed by atoms with Crippen molar-refractivity contribution in [2.24, 2.45) is 0 Å². The van der Waals surface area contributed by atoms with Crippen molar-refractivity contribution in [1.29, 1.82) is 0 Å². The molecule has 5 heteroatoms. The molecule has 1 fully saturated rings. The number of nitrogens with two attached hydrogens (primary N) is 1. The maximum Gasteiger partial charge on any atom is 0.149 e. The third kappa shape index (κ3) is 2.68. The molecule has 1 unspecified atom stereocenters. The van der Waals surface area contributed by atoms with Crippen LogP contribution < -0.4 is 11.1 Å². The summed E-state index contributed by atoms with van der Waals surface area (Å²) in [5.74, 6) is 0.707. The minimum atomic E-state index is -0.251. The van der Waals surface area contributed by atoms with E-state index in [2.05, 4.69) is 10.3 Å². The molecule has 1 saturated heterocycles. The Morgan fingerprint density at radius 2 is 2.47 bits per heavy atom. The van der Waals surface area contributed by atoms with Gasteiger partial charge in [-0.1, -0.05) is 0 Å². The fourth-order valence-electron chi connectivity index (χ4n) is 1.95. The fourth-order valence-corrected chi connectivity index (χ4v) is 1.95. The van der Waals surface area contributed by atoms with E-state index in [9.17, 15) is 0 Å². The third-order valence-corrected chi connectivity index (χ3v) is 3.13. The number of hydrogen-bond donors (Lipinski definition) is 2. The number of rotatable bonds is 4.